The van der Waals surface area contributed by atoms with Crippen LogP contribution in [0.4, 0.5) is 0 Å². The van der Waals surface area contributed by atoms with Crippen molar-refractivity contribution in [2.24, 2.45) is 0 Å². The molecule has 20 heavy (non-hydrogen) atoms. The van der Waals surface area contributed by atoms with Crippen molar-refractivity contribution in [1.29, 1.82) is 0 Å². The first-order valence-electron chi connectivity index (χ1n) is 6.38. The maximum atomic E-state index is 10.6. The van der Waals surface area contributed by atoms with E-state index in [1.165, 1.54) is 6.07 Å². The molecular formula is C14H17NO5. The van der Waals surface area contributed by atoms with Crippen LogP contribution in [0.3, 0.4) is 0 Å². The molecule has 2 heterocycles. The van der Waals surface area contributed by atoms with Crippen molar-refractivity contribution >= 4 is 5.97 Å². The van der Waals surface area contributed by atoms with E-state index in [0.717, 1.165) is 18.7 Å². The van der Waals surface area contributed by atoms with Gasteiger partial charge in [-0.3, -0.25) is 0 Å². The first-order chi connectivity index (χ1) is 9.75. The number of furan rings is 2. The van der Waals surface area contributed by atoms with Crippen molar-refractivity contribution < 1.29 is 23.5 Å². The fourth-order valence-corrected chi connectivity index (χ4v) is 1.67. The van der Waals surface area contributed by atoms with E-state index >= 15 is 0 Å². The Morgan fingerprint density at radius 3 is 2.90 bits per heavy atom. The first kappa shape index (κ1) is 14.4. The Morgan fingerprint density at radius 2 is 2.20 bits per heavy atom. The predicted octanol–water partition coefficient (Wildman–Crippen LogP) is 2.27. The molecule has 2 N–H and O–H groups in total. The summed E-state index contributed by atoms with van der Waals surface area (Å²) < 4.78 is 15.7. The van der Waals surface area contributed by atoms with Gasteiger partial charge in [-0.15, -0.1) is 0 Å². The van der Waals surface area contributed by atoms with Gasteiger partial charge in [0.15, 0.2) is 0 Å². The van der Waals surface area contributed by atoms with Crippen LogP contribution in [0.25, 0.3) is 0 Å². The summed E-state index contributed by atoms with van der Waals surface area (Å²) in [6.07, 6.45) is 2.47. The normalized spacial score (nSPS) is 10.8. The minimum Gasteiger partial charge on any atom is -0.475 e. The Bertz CT molecular complexity index is 517. The fourth-order valence-electron chi connectivity index (χ4n) is 1.67. The van der Waals surface area contributed by atoms with Gasteiger partial charge in [-0.1, -0.05) is 0 Å². The largest absolute Gasteiger partial charge is 0.475 e. The highest BCUT2D eigenvalue weighted by atomic mass is 16.5. The molecule has 2 rings (SSSR count). The van der Waals surface area contributed by atoms with Crippen LogP contribution in [0.5, 0.6) is 0 Å². The van der Waals surface area contributed by atoms with E-state index in [4.69, 9.17) is 18.7 Å². The van der Waals surface area contributed by atoms with Crippen LogP contribution in [-0.4, -0.2) is 24.2 Å². The van der Waals surface area contributed by atoms with Crippen LogP contribution in [-0.2, 0) is 17.9 Å². The highest BCUT2D eigenvalue weighted by Gasteiger charge is 2.07. The maximum absolute atomic E-state index is 10.6. The Morgan fingerprint density at radius 1 is 1.30 bits per heavy atom. The lowest BCUT2D eigenvalue weighted by molar-refractivity contribution is 0.0660. The fraction of sp³-hybridized carbons (Fsp3) is 0.357. The zero-order chi connectivity index (χ0) is 14.2. The van der Waals surface area contributed by atoms with Gasteiger partial charge in [0.1, 0.15) is 18.1 Å². The van der Waals surface area contributed by atoms with Crippen LogP contribution in [0.2, 0.25) is 0 Å². The van der Waals surface area contributed by atoms with E-state index in [9.17, 15) is 4.79 Å². The lowest BCUT2D eigenvalue weighted by atomic mass is 10.4. The van der Waals surface area contributed by atoms with Crippen LogP contribution < -0.4 is 5.32 Å². The average molecular weight is 279 g/mol. The Labute approximate surface area is 116 Å². The third kappa shape index (κ3) is 4.56. The molecule has 0 fully saturated rings. The van der Waals surface area contributed by atoms with E-state index in [2.05, 4.69) is 5.32 Å². The van der Waals surface area contributed by atoms with Crippen LogP contribution in [0.1, 0.15) is 28.5 Å². The number of ether oxygens (including phenoxy) is 1. The molecule has 6 heteroatoms. The molecule has 0 radical (unpaired) electrons. The number of carboxylic acids is 1. The van der Waals surface area contributed by atoms with Crippen molar-refractivity contribution in [3.63, 3.8) is 0 Å². The monoisotopic (exact) mass is 279 g/mol. The molecule has 0 amide bonds. The van der Waals surface area contributed by atoms with Crippen molar-refractivity contribution in [3.05, 3.63) is 47.8 Å². The first-order valence-corrected chi connectivity index (χ1v) is 6.38. The Hall–Kier alpha value is -2.05. The second-order valence-electron chi connectivity index (χ2n) is 4.23. The summed E-state index contributed by atoms with van der Waals surface area (Å²) in [4.78, 5) is 10.6. The van der Waals surface area contributed by atoms with Gasteiger partial charge >= 0.3 is 5.97 Å². The Balaban J connectivity index is 1.52. The molecule has 0 aliphatic heterocycles. The van der Waals surface area contributed by atoms with E-state index in [-0.39, 0.29) is 5.76 Å². The summed E-state index contributed by atoms with van der Waals surface area (Å²) in [7, 11) is 0. The predicted molar refractivity (Wildman–Crippen MR) is 70.4 cm³/mol. The third-order valence-corrected chi connectivity index (χ3v) is 2.64. The van der Waals surface area contributed by atoms with Gasteiger partial charge in [-0.05, 0) is 37.2 Å². The zero-order valence-corrected chi connectivity index (χ0v) is 11.0. The minimum absolute atomic E-state index is 0.0384. The molecule has 0 unspecified atom stereocenters. The topological polar surface area (TPSA) is 84.8 Å². The lowest BCUT2D eigenvalue weighted by Gasteiger charge is -2.03. The summed E-state index contributed by atoms with van der Waals surface area (Å²) in [6.45, 7) is 2.38. The second-order valence-corrected chi connectivity index (χ2v) is 4.23. The summed E-state index contributed by atoms with van der Waals surface area (Å²) >= 11 is 0. The zero-order valence-electron chi connectivity index (χ0n) is 11.0. The van der Waals surface area contributed by atoms with E-state index in [1.54, 1.807) is 12.3 Å². The number of hydrogen-bond acceptors (Lipinski definition) is 5. The molecule has 0 saturated heterocycles. The number of rotatable bonds is 9. The number of nitrogens with one attached hydrogen (secondary N) is 1. The van der Waals surface area contributed by atoms with E-state index in [1.807, 2.05) is 12.1 Å². The van der Waals surface area contributed by atoms with Gasteiger partial charge in [0.05, 0.1) is 12.8 Å². The molecule has 6 nitrogen and oxygen atoms in total. The van der Waals surface area contributed by atoms with Crippen molar-refractivity contribution in [2.45, 2.75) is 19.6 Å². The Kier molecular flexibility index (Phi) is 5.40. The number of carboxylic acid groups (broad SMARTS) is 1. The smallest absolute Gasteiger partial charge is 0.371 e. The van der Waals surface area contributed by atoms with Crippen LogP contribution in [0.15, 0.2) is 39.4 Å². The van der Waals surface area contributed by atoms with Gasteiger partial charge in [0.25, 0.3) is 0 Å². The van der Waals surface area contributed by atoms with Crippen LogP contribution in [0, 0.1) is 0 Å². The van der Waals surface area contributed by atoms with Crippen LogP contribution >= 0.6 is 0 Å². The average Bonchev–Trinajstić information content (AvgIpc) is 3.08. The lowest BCUT2D eigenvalue weighted by Crippen LogP contribution is -2.16. The molecule has 0 bridgehead atoms. The molecule has 0 spiro atoms. The molecule has 0 saturated carbocycles. The standard InChI is InChI=1S/C14H17NO5/c16-14(17)13-5-4-11(20-13)9-15-6-2-7-18-10-12-3-1-8-19-12/h1,3-5,8,15H,2,6-7,9-10H2,(H,16,17). The van der Waals surface area contributed by atoms with E-state index in [0.29, 0.717) is 25.5 Å². The van der Waals surface area contributed by atoms with Crippen molar-refractivity contribution in [3.8, 4) is 0 Å². The van der Waals surface area contributed by atoms with Crippen molar-refractivity contribution in [1.82, 2.24) is 5.32 Å². The van der Waals surface area contributed by atoms with Gasteiger partial charge in [0, 0.05) is 6.61 Å². The number of carbonyl (C=O) groups is 1. The van der Waals surface area contributed by atoms with E-state index < -0.39 is 5.97 Å². The van der Waals surface area contributed by atoms with Gasteiger partial charge in [-0.2, -0.15) is 0 Å². The van der Waals surface area contributed by atoms with Crippen molar-refractivity contribution in [2.75, 3.05) is 13.2 Å². The summed E-state index contributed by atoms with van der Waals surface area (Å²) in [5.74, 6) is 0.333. The molecule has 0 aromatic carbocycles. The number of hydrogen-bond donors (Lipinski definition) is 2. The minimum atomic E-state index is -1.05. The van der Waals surface area contributed by atoms with Gasteiger partial charge in [0.2, 0.25) is 5.76 Å². The summed E-state index contributed by atoms with van der Waals surface area (Å²) in [6, 6.07) is 6.81. The molecule has 0 aliphatic carbocycles. The molecular weight excluding hydrogens is 262 g/mol. The molecule has 2 aromatic heterocycles. The molecule has 0 atom stereocenters. The summed E-state index contributed by atoms with van der Waals surface area (Å²) in [5, 5.41) is 11.9. The molecule has 2 aromatic rings. The van der Waals surface area contributed by atoms with Gasteiger partial charge in [-0.25, -0.2) is 4.79 Å². The third-order valence-electron chi connectivity index (χ3n) is 2.64. The summed E-state index contributed by atoms with van der Waals surface area (Å²) in [5.41, 5.74) is 0. The maximum Gasteiger partial charge on any atom is 0.371 e. The molecule has 108 valence electrons. The SMILES string of the molecule is O=C(O)c1ccc(CNCCCOCc2ccco2)o1. The highest BCUT2D eigenvalue weighted by Crippen LogP contribution is 2.07. The van der Waals surface area contributed by atoms with Gasteiger partial charge < -0.3 is 24.0 Å². The second kappa shape index (κ2) is 7.52. The molecule has 0 aliphatic rings. The quantitative estimate of drug-likeness (QED) is 0.685. The number of aromatic carboxylic acids is 1. The highest BCUT2D eigenvalue weighted by molar-refractivity contribution is 5.84.